The second-order valence-corrected chi connectivity index (χ2v) is 19.2. The minimum Gasteiger partial charge on any atom is -0.326 e. The maximum Gasteiger partial charge on any atom is 0.435 e. The molecule has 0 aliphatic heterocycles. The van der Waals surface area contributed by atoms with Crippen LogP contribution in [0, 0.1) is 23.5 Å². The highest BCUT2D eigenvalue weighted by Crippen LogP contribution is 2.35. The predicted octanol–water partition coefficient (Wildman–Crippen LogP) is 11.7. The molecule has 0 saturated heterocycles. The molecule has 2 saturated carbocycles. The SMILES string of the molecule is NCc1cccc(-n2nc(C(F)(F)F)cc2C(=O)Nc2cc(C(NCC3CC3)c3ccccc3)ccc2F)c1.NCc1cccc(-n2nc(C(F)(F)F)cc2C(=O)Nc2cc(C(NCC3CC3)c3ccccc3)ccc2F)c1. The van der Waals surface area contributed by atoms with Gasteiger partial charge in [-0.15, -0.1) is 0 Å². The standard InChI is InChI=1S/2C29H27F4N5O/c2*30-23-12-11-21(27(35-17-18-9-10-18)20-6-2-1-3-7-20)14-24(23)36-28(39)25-15-26(29(31,32)33)37-38(25)22-8-4-5-19(13-22)16-34/h2*1-8,11-15,18,27,35H,9-10,16-17,34H2,(H,36,39). The summed E-state index contributed by atoms with van der Waals surface area (Å²) < 4.78 is 113. The zero-order valence-corrected chi connectivity index (χ0v) is 41.8. The number of nitrogens with zero attached hydrogens (tertiary/aromatic N) is 4. The average Bonchev–Trinajstić information content (AvgIpc) is 4.36. The van der Waals surface area contributed by atoms with E-state index in [-0.39, 0.29) is 47.9 Å². The quantitative estimate of drug-likeness (QED) is 0.0461. The summed E-state index contributed by atoms with van der Waals surface area (Å²) in [6, 6.07) is 41.5. The van der Waals surface area contributed by atoms with Crippen LogP contribution in [0.4, 0.5) is 46.5 Å². The van der Waals surface area contributed by atoms with Gasteiger partial charge < -0.3 is 32.7 Å². The van der Waals surface area contributed by atoms with Gasteiger partial charge in [-0.1, -0.05) is 97.1 Å². The molecule has 6 aromatic carbocycles. The largest absolute Gasteiger partial charge is 0.435 e. The van der Waals surface area contributed by atoms with Crippen molar-refractivity contribution in [3.63, 3.8) is 0 Å². The van der Waals surface area contributed by atoms with E-state index in [2.05, 4.69) is 31.5 Å². The number of hydrogen-bond acceptors (Lipinski definition) is 8. The lowest BCUT2D eigenvalue weighted by molar-refractivity contribution is -0.142. The molecular formula is C58H54F8N10O2. The van der Waals surface area contributed by atoms with E-state index in [0.717, 1.165) is 59.3 Å². The van der Waals surface area contributed by atoms with E-state index in [4.69, 9.17) is 11.5 Å². The molecule has 2 fully saturated rings. The van der Waals surface area contributed by atoms with Gasteiger partial charge in [0.2, 0.25) is 0 Å². The normalized spacial score (nSPS) is 14.3. The van der Waals surface area contributed by atoms with Crippen molar-refractivity contribution in [2.45, 2.75) is 63.2 Å². The highest BCUT2D eigenvalue weighted by molar-refractivity contribution is 6.04. The van der Waals surface area contributed by atoms with E-state index in [1.54, 1.807) is 48.5 Å². The molecule has 2 aromatic heterocycles. The maximum absolute atomic E-state index is 14.9. The number of carbonyl (C=O) groups is 2. The minimum atomic E-state index is -4.78. The molecular weight excluding hydrogens is 1020 g/mol. The Bertz CT molecular complexity index is 3150. The Balaban J connectivity index is 0.000000190. The van der Waals surface area contributed by atoms with Gasteiger partial charge in [0.15, 0.2) is 11.4 Å². The predicted molar refractivity (Wildman–Crippen MR) is 280 cm³/mol. The molecule has 2 aliphatic carbocycles. The summed E-state index contributed by atoms with van der Waals surface area (Å²) in [4.78, 5) is 26.6. The first-order valence-corrected chi connectivity index (χ1v) is 25.2. The van der Waals surface area contributed by atoms with E-state index in [9.17, 15) is 44.7 Å². The Morgan fingerprint density at radius 3 is 1.23 bits per heavy atom. The second kappa shape index (κ2) is 23.7. The van der Waals surface area contributed by atoms with Crippen LogP contribution in [0.5, 0.6) is 0 Å². The first-order chi connectivity index (χ1) is 37.4. The zero-order chi connectivity index (χ0) is 55.1. The molecule has 2 atom stereocenters. The highest BCUT2D eigenvalue weighted by atomic mass is 19.4. The fourth-order valence-electron chi connectivity index (χ4n) is 8.76. The first-order valence-electron chi connectivity index (χ1n) is 25.2. The number of aromatic nitrogens is 4. The number of anilines is 2. The summed E-state index contributed by atoms with van der Waals surface area (Å²) in [6.07, 6.45) is -4.95. The van der Waals surface area contributed by atoms with Gasteiger partial charge in [-0.05, 0) is 133 Å². The lowest BCUT2D eigenvalue weighted by atomic mass is 9.97. The lowest BCUT2D eigenvalue weighted by Crippen LogP contribution is -2.25. The van der Waals surface area contributed by atoms with E-state index in [1.807, 2.05) is 60.7 Å². The minimum absolute atomic E-state index is 0.149. The number of benzene rings is 6. The number of nitrogens with two attached hydrogens (primary N) is 2. The van der Waals surface area contributed by atoms with Gasteiger partial charge in [-0.3, -0.25) is 9.59 Å². The van der Waals surface area contributed by atoms with Crippen LogP contribution in [0.3, 0.4) is 0 Å². The lowest BCUT2D eigenvalue weighted by Gasteiger charge is -2.21. The first kappa shape index (κ1) is 54.7. The number of rotatable bonds is 18. The molecule has 2 aliphatic rings. The van der Waals surface area contributed by atoms with Gasteiger partial charge in [0.25, 0.3) is 11.8 Å². The smallest absolute Gasteiger partial charge is 0.326 e. The molecule has 0 spiro atoms. The molecule has 2 unspecified atom stereocenters. The summed E-state index contributed by atoms with van der Waals surface area (Å²) in [7, 11) is 0. The fourth-order valence-corrected chi connectivity index (χ4v) is 8.76. The number of carbonyl (C=O) groups excluding carboxylic acids is 2. The van der Waals surface area contributed by atoms with E-state index < -0.39 is 58.6 Å². The number of halogens is 8. The molecule has 8 N–H and O–H groups in total. The number of amides is 2. The van der Waals surface area contributed by atoms with Crippen molar-refractivity contribution >= 4 is 23.2 Å². The second-order valence-electron chi connectivity index (χ2n) is 19.2. The van der Waals surface area contributed by atoms with Crippen molar-refractivity contribution in [2.24, 2.45) is 23.3 Å². The Kier molecular flexibility index (Phi) is 16.6. The van der Waals surface area contributed by atoms with Gasteiger partial charge in [0.05, 0.1) is 34.8 Å². The van der Waals surface area contributed by atoms with Crippen molar-refractivity contribution in [1.82, 2.24) is 30.2 Å². The molecule has 12 nitrogen and oxygen atoms in total. The van der Waals surface area contributed by atoms with Crippen molar-refractivity contribution in [3.8, 4) is 11.4 Å². The van der Waals surface area contributed by atoms with Gasteiger partial charge >= 0.3 is 12.4 Å². The van der Waals surface area contributed by atoms with E-state index in [1.165, 1.54) is 36.4 Å². The molecule has 8 aromatic rings. The summed E-state index contributed by atoms with van der Waals surface area (Å²) in [5.41, 5.74) is 12.9. The topological polar surface area (TPSA) is 170 Å². The Morgan fingerprint density at radius 1 is 0.500 bits per heavy atom. The maximum atomic E-state index is 14.9. The van der Waals surface area contributed by atoms with Gasteiger partial charge in [0, 0.05) is 25.2 Å². The molecule has 2 amide bonds. The highest BCUT2D eigenvalue weighted by Gasteiger charge is 2.38. The molecule has 20 heteroatoms. The Morgan fingerprint density at radius 2 is 0.885 bits per heavy atom. The van der Waals surface area contributed by atoms with E-state index >= 15 is 0 Å². The van der Waals surface area contributed by atoms with Crippen LogP contribution >= 0.6 is 0 Å². The van der Waals surface area contributed by atoms with Crippen molar-refractivity contribution in [2.75, 3.05) is 23.7 Å². The van der Waals surface area contributed by atoms with Crippen LogP contribution in [-0.4, -0.2) is 44.5 Å². The van der Waals surface area contributed by atoms with E-state index in [0.29, 0.717) is 46.2 Å². The third-order valence-electron chi connectivity index (χ3n) is 13.3. The summed E-state index contributed by atoms with van der Waals surface area (Å²) in [5.74, 6) is -2.11. The van der Waals surface area contributed by atoms with Crippen LogP contribution < -0.4 is 32.7 Å². The number of hydrogen-bond donors (Lipinski definition) is 6. The Hall–Kier alpha value is -8.04. The zero-order valence-electron chi connectivity index (χ0n) is 41.8. The fraction of sp³-hybridized carbons (Fsp3) is 0.241. The number of nitrogens with one attached hydrogen (secondary N) is 4. The van der Waals surface area contributed by atoms with Crippen LogP contribution in [0.25, 0.3) is 11.4 Å². The summed E-state index contributed by atoms with van der Waals surface area (Å²) in [6.45, 7) is 1.88. The molecule has 404 valence electrons. The van der Waals surface area contributed by atoms with Crippen molar-refractivity contribution in [3.05, 3.63) is 226 Å². The van der Waals surface area contributed by atoms with Crippen LogP contribution in [0.2, 0.25) is 0 Å². The molecule has 0 radical (unpaired) electrons. The molecule has 10 rings (SSSR count). The summed E-state index contributed by atoms with van der Waals surface area (Å²) >= 11 is 0. The average molecular weight is 1080 g/mol. The van der Waals surface area contributed by atoms with Gasteiger partial charge in [-0.25, -0.2) is 18.1 Å². The van der Waals surface area contributed by atoms with Crippen molar-refractivity contribution in [1.29, 1.82) is 0 Å². The monoisotopic (exact) mass is 1070 g/mol. The van der Waals surface area contributed by atoms with Gasteiger partial charge in [-0.2, -0.15) is 36.5 Å². The molecule has 0 bridgehead atoms. The molecule has 2 heterocycles. The van der Waals surface area contributed by atoms with Crippen LogP contribution in [-0.2, 0) is 25.4 Å². The summed E-state index contributed by atoms with van der Waals surface area (Å²) in [5, 5.41) is 19.2. The number of alkyl halides is 6. The van der Waals surface area contributed by atoms with Crippen LogP contribution in [0.15, 0.2) is 158 Å². The Labute approximate surface area is 443 Å². The van der Waals surface area contributed by atoms with Crippen LogP contribution in [0.1, 0.15) is 104 Å². The van der Waals surface area contributed by atoms with Crippen molar-refractivity contribution < 1.29 is 44.7 Å². The third-order valence-corrected chi connectivity index (χ3v) is 13.3. The van der Waals surface area contributed by atoms with Gasteiger partial charge in [0.1, 0.15) is 23.0 Å². The third kappa shape index (κ3) is 13.5. The molecule has 78 heavy (non-hydrogen) atoms.